The third-order valence-electron chi connectivity index (χ3n) is 2.71. The number of hydrogen-bond acceptors (Lipinski definition) is 3. The minimum Gasteiger partial charge on any atom is -0.379 e. The van der Waals surface area contributed by atoms with Gasteiger partial charge in [-0.15, -0.1) is 0 Å². The molecule has 5 nitrogen and oxygen atoms in total. The van der Waals surface area contributed by atoms with Crippen LogP contribution in [0.15, 0.2) is 15.8 Å². The Kier molecular flexibility index (Phi) is 5.68. The highest BCUT2D eigenvalue weighted by molar-refractivity contribution is 5.38. The van der Waals surface area contributed by atoms with Gasteiger partial charge in [-0.05, 0) is 19.3 Å². The maximum absolute atomic E-state index is 12.1. The second-order valence-corrected chi connectivity index (χ2v) is 4.40. The molecule has 5 heteroatoms. The molecular formula is C13H23N3O2. The molecule has 0 spiro atoms. The lowest BCUT2D eigenvalue weighted by Gasteiger charge is -2.12. The molecule has 0 bridgehead atoms. The molecule has 0 saturated heterocycles. The fourth-order valence-corrected chi connectivity index (χ4v) is 1.86. The third-order valence-corrected chi connectivity index (χ3v) is 2.71. The highest BCUT2D eigenvalue weighted by Gasteiger charge is 2.09. The summed E-state index contributed by atoms with van der Waals surface area (Å²) in [6.45, 7) is 7.88. The first-order chi connectivity index (χ1) is 8.65. The van der Waals surface area contributed by atoms with Gasteiger partial charge in [0.05, 0.1) is 0 Å². The summed E-state index contributed by atoms with van der Waals surface area (Å²) in [5.74, 6) is 0. The van der Waals surface area contributed by atoms with Crippen LogP contribution in [0.2, 0.25) is 0 Å². The van der Waals surface area contributed by atoms with Gasteiger partial charge in [-0.1, -0.05) is 20.8 Å². The molecule has 0 amide bonds. The molecule has 0 aliphatic rings. The van der Waals surface area contributed by atoms with E-state index in [2.05, 4.69) is 5.32 Å². The molecule has 0 aliphatic carbocycles. The SMILES string of the molecule is CCCNc1cn(CCC)c(=O)n(CCC)c1=O. The van der Waals surface area contributed by atoms with Gasteiger partial charge in [-0.2, -0.15) is 0 Å². The van der Waals surface area contributed by atoms with Crippen LogP contribution < -0.4 is 16.6 Å². The summed E-state index contributed by atoms with van der Waals surface area (Å²) in [5, 5.41) is 3.09. The molecule has 0 aliphatic heterocycles. The third kappa shape index (κ3) is 3.24. The molecule has 1 rings (SSSR count). The summed E-state index contributed by atoms with van der Waals surface area (Å²) in [5.41, 5.74) is 0.117. The van der Waals surface area contributed by atoms with Gasteiger partial charge in [0.25, 0.3) is 5.56 Å². The summed E-state index contributed by atoms with van der Waals surface area (Å²) in [6.07, 6.45) is 4.24. The lowest BCUT2D eigenvalue weighted by atomic mass is 10.4. The van der Waals surface area contributed by atoms with E-state index in [1.165, 1.54) is 4.57 Å². The molecule has 102 valence electrons. The van der Waals surface area contributed by atoms with Crippen LogP contribution in [0.5, 0.6) is 0 Å². The zero-order chi connectivity index (χ0) is 13.5. The number of aromatic nitrogens is 2. The van der Waals surface area contributed by atoms with E-state index in [4.69, 9.17) is 0 Å². The first kappa shape index (κ1) is 14.5. The van der Waals surface area contributed by atoms with Gasteiger partial charge >= 0.3 is 5.69 Å². The fourth-order valence-electron chi connectivity index (χ4n) is 1.86. The molecular weight excluding hydrogens is 230 g/mol. The van der Waals surface area contributed by atoms with Crippen LogP contribution in [-0.2, 0) is 13.1 Å². The van der Waals surface area contributed by atoms with Gasteiger partial charge in [0.15, 0.2) is 0 Å². The molecule has 0 atom stereocenters. The van der Waals surface area contributed by atoms with E-state index >= 15 is 0 Å². The quantitative estimate of drug-likeness (QED) is 0.804. The molecule has 0 aromatic carbocycles. The molecule has 18 heavy (non-hydrogen) atoms. The van der Waals surface area contributed by atoms with Crippen LogP contribution in [0.3, 0.4) is 0 Å². The Morgan fingerprint density at radius 2 is 1.72 bits per heavy atom. The zero-order valence-corrected chi connectivity index (χ0v) is 11.5. The van der Waals surface area contributed by atoms with Crippen molar-refractivity contribution in [1.29, 1.82) is 0 Å². The van der Waals surface area contributed by atoms with Gasteiger partial charge in [0.2, 0.25) is 0 Å². The maximum Gasteiger partial charge on any atom is 0.331 e. The van der Waals surface area contributed by atoms with E-state index in [1.54, 1.807) is 10.8 Å². The summed E-state index contributed by atoms with van der Waals surface area (Å²) < 4.78 is 2.95. The van der Waals surface area contributed by atoms with Gasteiger partial charge < -0.3 is 5.32 Å². The summed E-state index contributed by atoms with van der Waals surface area (Å²) in [4.78, 5) is 24.2. The largest absolute Gasteiger partial charge is 0.379 e. The van der Waals surface area contributed by atoms with Gasteiger partial charge in [0, 0.05) is 25.8 Å². The Labute approximate surface area is 107 Å². The van der Waals surface area contributed by atoms with Gasteiger partial charge in [-0.25, -0.2) is 4.79 Å². The van der Waals surface area contributed by atoms with Gasteiger partial charge in [0.1, 0.15) is 5.69 Å². The number of anilines is 1. The first-order valence-electron chi connectivity index (χ1n) is 6.73. The van der Waals surface area contributed by atoms with Crippen molar-refractivity contribution in [1.82, 2.24) is 9.13 Å². The molecule has 0 radical (unpaired) electrons. The molecule has 1 N–H and O–H groups in total. The molecule has 1 heterocycles. The minimum atomic E-state index is -0.206. The molecule has 1 aromatic heterocycles. The number of nitrogens with zero attached hydrogens (tertiary/aromatic N) is 2. The molecule has 0 saturated carbocycles. The standard InChI is InChI=1S/C13H23N3O2/c1-4-7-14-11-10-15(8-5-2)13(18)16(9-6-3)12(11)17/h10,14H,4-9H2,1-3H3. The lowest BCUT2D eigenvalue weighted by molar-refractivity contribution is 0.542. The smallest absolute Gasteiger partial charge is 0.331 e. The lowest BCUT2D eigenvalue weighted by Crippen LogP contribution is -2.40. The summed E-state index contributed by atoms with van der Waals surface area (Å²) in [6, 6.07) is 0. The van der Waals surface area contributed by atoms with Crippen LogP contribution >= 0.6 is 0 Å². The molecule has 0 fully saturated rings. The minimum absolute atomic E-state index is 0.203. The summed E-state index contributed by atoms with van der Waals surface area (Å²) in [7, 11) is 0. The number of nitrogens with one attached hydrogen (secondary N) is 1. The number of hydrogen-bond donors (Lipinski definition) is 1. The van der Waals surface area contributed by atoms with Crippen molar-refractivity contribution in [2.24, 2.45) is 0 Å². The Morgan fingerprint density at radius 1 is 1.06 bits per heavy atom. The second kappa shape index (κ2) is 7.03. The Morgan fingerprint density at radius 3 is 2.28 bits per heavy atom. The summed E-state index contributed by atoms with van der Waals surface area (Å²) >= 11 is 0. The van der Waals surface area contributed by atoms with E-state index in [1.807, 2.05) is 20.8 Å². The van der Waals surface area contributed by atoms with Crippen LogP contribution in [0.25, 0.3) is 0 Å². The van der Waals surface area contributed by atoms with E-state index < -0.39 is 0 Å². The normalized spacial score (nSPS) is 10.6. The second-order valence-electron chi connectivity index (χ2n) is 4.40. The Hall–Kier alpha value is -1.52. The van der Waals surface area contributed by atoms with E-state index in [9.17, 15) is 9.59 Å². The fraction of sp³-hybridized carbons (Fsp3) is 0.692. The van der Waals surface area contributed by atoms with Crippen LogP contribution in [-0.4, -0.2) is 15.7 Å². The topological polar surface area (TPSA) is 56.0 Å². The van der Waals surface area contributed by atoms with Crippen molar-refractivity contribution in [2.75, 3.05) is 11.9 Å². The predicted molar refractivity (Wildman–Crippen MR) is 74.3 cm³/mol. The maximum atomic E-state index is 12.1. The Balaban J connectivity index is 3.26. The number of aryl methyl sites for hydroxylation is 1. The highest BCUT2D eigenvalue weighted by Crippen LogP contribution is 1.98. The number of rotatable bonds is 7. The highest BCUT2D eigenvalue weighted by atomic mass is 16.2. The first-order valence-corrected chi connectivity index (χ1v) is 6.73. The van der Waals surface area contributed by atoms with E-state index in [0.717, 1.165) is 25.8 Å². The van der Waals surface area contributed by atoms with Crippen molar-refractivity contribution in [3.63, 3.8) is 0 Å². The average molecular weight is 253 g/mol. The average Bonchev–Trinajstić information content (AvgIpc) is 2.36. The Bertz CT molecular complexity index is 488. The molecule has 0 unspecified atom stereocenters. The van der Waals surface area contributed by atoms with Crippen molar-refractivity contribution in [3.8, 4) is 0 Å². The zero-order valence-electron chi connectivity index (χ0n) is 11.5. The van der Waals surface area contributed by atoms with Gasteiger partial charge in [-0.3, -0.25) is 13.9 Å². The van der Waals surface area contributed by atoms with Crippen LogP contribution in [0.1, 0.15) is 40.0 Å². The van der Waals surface area contributed by atoms with E-state index in [0.29, 0.717) is 18.8 Å². The van der Waals surface area contributed by atoms with Crippen molar-refractivity contribution < 1.29 is 0 Å². The molecule has 1 aromatic rings. The van der Waals surface area contributed by atoms with Crippen molar-refractivity contribution in [3.05, 3.63) is 27.0 Å². The van der Waals surface area contributed by atoms with Crippen LogP contribution in [0.4, 0.5) is 5.69 Å². The van der Waals surface area contributed by atoms with E-state index in [-0.39, 0.29) is 11.2 Å². The predicted octanol–water partition coefficient (Wildman–Crippen LogP) is 1.65. The monoisotopic (exact) mass is 253 g/mol. The van der Waals surface area contributed by atoms with Crippen LogP contribution in [0, 0.1) is 0 Å². The van der Waals surface area contributed by atoms with Crippen molar-refractivity contribution >= 4 is 5.69 Å². The van der Waals surface area contributed by atoms with Crippen molar-refractivity contribution in [2.45, 2.75) is 53.1 Å².